The quantitative estimate of drug-likeness (QED) is 0.481. The highest BCUT2D eigenvalue weighted by Gasteiger charge is 2.13. The fourth-order valence-electron chi connectivity index (χ4n) is 2.12. The lowest BCUT2D eigenvalue weighted by atomic mass is 10.1. The average Bonchev–Trinajstić information content (AvgIpc) is 2.61. The van der Waals surface area contributed by atoms with Crippen LogP contribution < -0.4 is 14.2 Å². The first-order valence-electron chi connectivity index (χ1n) is 7.04. The van der Waals surface area contributed by atoms with Crippen molar-refractivity contribution in [2.75, 3.05) is 21.3 Å². The van der Waals surface area contributed by atoms with E-state index in [9.17, 15) is 15.0 Å². The van der Waals surface area contributed by atoms with Crippen LogP contribution in [0.2, 0.25) is 0 Å². The summed E-state index contributed by atoms with van der Waals surface area (Å²) in [7, 11) is 4.41. The molecule has 0 unspecified atom stereocenters. The van der Waals surface area contributed by atoms with Crippen LogP contribution in [0.1, 0.15) is 15.9 Å². The van der Waals surface area contributed by atoms with Crippen molar-refractivity contribution in [2.24, 2.45) is 0 Å². The number of ether oxygens (including phenoxy) is 3. The minimum absolute atomic E-state index is 0.0258. The third-order valence-corrected chi connectivity index (χ3v) is 3.39. The molecule has 0 spiro atoms. The van der Waals surface area contributed by atoms with Crippen molar-refractivity contribution in [3.8, 4) is 28.7 Å². The van der Waals surface area contributed by atoms with Crippen LogP contribution in [0.5, 0.6) is 28.7 Å². The number of allylic oxidation sites excluding steroid dienone is 1. The molecule has 2 N–H and O–H groups in total. The fourth-order valence-corrected chi connectivity index (χ4v) is 2.12. The zero-order valence-electron chi connectivity index (χ0n) is 13.6. The van der Waals surface area contributed by atoms with Gasteiger partial charge in [0.05, 0.1) is 21.3 Å². The highest BCUT2D eigenvalue weighted by Crippen LogP contribution is 2.36. The van der Waals surface area contributed by atoms with E-state index in [1.165, 1.54) is 32.4 Å². The number of phenols is 2. The Balaban J connectivity index is 2.26. The molecule has 0 fully saturated rings. The van der Waals surface area contributed by atoms with Crippen molar-refractivity contribution in [2.45, 2.75) is 0 Å². The predicted octanol–water partition coefficient (Wildman–Crippen LogP) is 3.02. The summed E-state index contributed by atoms with van der Waals surface area (Å²) in [5.74, 6) is -0.00314. The van der Waals surface area contributed by atoms with Gasteiger partial charge in [0.15, 0.2) is 28.8 Å². The third kappa shape index (κ3) is 3.60. The van der Waals surface area contributed by atoms with Gasteiger partial charge in [0.1, 0.15) is 0 Å². The number of rotatable bonds is 6. The molecule has 0 atom stereocenters. The standard InChI is InChI=1S/C18H18O6/c1-22-15-7-5-11(8-16(15)23-2)4-6-13(19)12-9-14(20)18(21)17(10-12)24-3/h4-10,20-21H,1-3H3/b6-4+. The zero-order chi connectivity index (χ0) is 17.7. The van der Waals surface area contributed by atoms with Crippen molar-refractivity contribution in [1.29, 1.82) is 0 Å². The monoisotopic (exact) mass is 330 g/mol. The van der Waals surface area contributed by atoms with Gasteiger partial charge >= 0.3 is 0 Å². The summed E-state index contributed by atoms with van der Waals surface area (Å²) in [5, 5.41) is 19.2. The van der Waals surface area contributed by atoms with Crippen LogP contribution in [0, 0.1) is 0 Å². The highest BCUT2D eigenvalue weighted by molar-refractivity contribution is 6.07. The van der Waals surface area contributed by atoms with E-state index in [1.54, 1.807) is 31.4 Å². The SMILES string of the molecule is COc1ccc(/C=C/C(=O)c2cc(O)c(O)c(OC)c2)cc1OC. The summed E-state index contributed by atoms with van der Waals surface area (Å²) in [5.41, 5.74) is 0.940. The van der Waals surface area contributed by atoms with E-state index in [0.717, 1.165) is 5.56 Å². The molecule has 24 heavy (non-hydrogen) atoms. The molecular formula is C18H18O6. The van der Waals surface area contributed by atoms with Gasteiger partial charge in [-0.1, -0.05) is 12.1 Å². The molecule has 0 saturated heterocycles. The second-order valence-electron chi connectivity index (χ2n) is 4.86. The molecule has 2 rings (SSSR count). The predicted molar refractivity (Wildman–Crippen MR) is 89.2 cm³/mol. The maximum atomic E-state index is 12.2. The molecule has 0 radical (unpaired) electrons. The summed E-state index contributed by atoms with van der Waals surface area (Å²) in [6, 6.07) is 7.78. The van der Waals surface area contributed by atoms with Crippen LogP contribution in [0.25, 0.3) is 6.08 Å². The third-order valence-electron chi connectivity index (χ3n) is 3.39. The number of methoxy groups -OCH3 is 3. The normalized spacial score (nSPS) is 10.6. The number of phenolic OH excluding ortho intramolecular Hbond substituents is 2. The molecule has 0 aromatic heterocycles. The molecule has 0 aliphatic rings. The molecule has 0 saturated carbocycles. The van der Waals surface area contributed by atoms with Gasteiger partial charge in [-0.2, -0.15) is 0 Å². The number of benzene rings is 2. The van der Waals surface area contributed by atoms with E-state index in [-0.39, 0.29) is 17.1 Å². The van der Waals surface area contributed by atoms with Crippen LogP contribution >= 0.6 is 0 Å². The van der Waals surface area contributed by atoms with Gasteiger partial charge in [0, 0.05) is 5.56 Å². The summed E-state index contributed by atoms with van der Waals surface area (Å²) in [6.45, 7) is 0. The van der Waals surface area contributed by atoms with Crippen molar-refractivity contribution >= 4 is 11.9 Å². The van der Waals surface area contributed by atoms with Crippen LogP contribution in [0.4, 0.5) is 0 Å². The van der Waals surface area contributed by atoms with E-state index < -0.39 is 11.5 Å². The number of aromatic hydroxyl groups is 2. The molecule has 2 aromatic rings. The maximum absolute atomic E-state index is 12.2. The Morgan fingerprint density at radius 1 is 0.917 bits per heavy atom. The largest absolute Gasteiger partial charge is 0.504 e. The number of ketones is 1. The number of carbonyl (C=O) groups is 1. The van der Waals surface area contributed by atoms with Crippen molar-refractivity contribution in [1.82, 2.24) is 0 Å². The van der Waals surface area contributed by atoms with Crippen LogP contribution in [0.3, 0.4) is 0 Å². The molecule has 0 bridgehead atoms. The summed E-state index contributed by atoms with van der Waals surface area (Å²) >= 11 is 0. The molecule has 6 heteroatoms. The number of hydrogen-bond acceptors (Lipinski definition) is 6. The summed E-state index contributed by atoms with van der Waals surface area (Å²) < 4.78 is 15.3. The van der Waals surface area contributed by atoms with E-state index >= 15 is 0 Å². The molecule has 0 heterocycles. The Morgan fingerprint density at radius 2 is 1.58 bits per heavy atom. The average molecular weight is 330 g/mol. The molecule has 6 nitrogen and oxygen atoms in total. The fraction of sp³-hybridized carbons (Fsp3) is 0.167. The van der Waals surface area contributed by atoms with Gasteiger partial charge in [-0.05, 0) is 35.9 Å². The summed E-state index contributed by atoms with van der Waals surface area (Å²) in [6.07, 6.45) is 2.97. The molecule has 0 aliphatic carbocycles. The lowest BCUT2D eigenvalue weighted by Gasteiger charge is -2.08. The van der Waals surface area contributed by atoms with Crippen LogP contribution in [0.15, 0.2) is 36.4 Å². The first-order chi connectivity index (χ1) is 11.5. The first-order valence-corrected chi connectivity index (χ1v) is 7.04. The van der Waals surface area contributed by atoms with Crippen molar-refractivity contribution in [3.63, 3.8) is 0 Å². The van der Waals surface area contributed by atoms with E-state index in [0.29, 0.717) is 11.5 Å². The van der Waals surface area contributed by atoms with Crippen LogP contribution in [-0.2, 0) is 0 Å². The minimum Gasteiger partial charge on any atom is -0.504 e. The topological polar surface area (TPSA) is 85.2 Å². The Morgan fingerprint density at radius 3 is 2.21 bits per heavy atom. The number of hydrogen-bond donors (Lipinski definition) is 2. The van der Waals surface area contributed by atoms with Gasteiger partial charge in [-0.15, -0.1) is 0 Å². The zero-order valence-corrected chi connectivity index (χ0v) is 13.6. The van der Waals surface area contributed by atoms with Gasteiger partial charge in [-0.3, -0.25) is 4.79 Å². The second-order valence-corrected chi connectivity index (χ2v) is 4.86. The van der Waals surface area contributed by atoms with Gasteiger partial charge < -0.3 is 24.4 Å². The van der Waals surface area contributed by atoms with E-state index in [2.05, 4.69) is 0 Å². The molecular weight excluding hydrogens is 312 g/mol. The smallest absolute Gasteiger partial charge is 0.200 e. The Bertz CT molecular complexity index is 779. The Labute approximate surface area is 139 Å². The minimum atomic E-state index is -0.419. The molecule has 2 aromatic carbocycles. The van der Waals surface area contributed by atoms with Crippen molar-refractivity contribution in [3.05, 3.63) is 47.5 Å². The highest BCUT2D eigenvalue weighted by atomic mass is 16.5. The van der Waals surface area contributed by atoms with Crippen molar-refractivity contribution < 1.29 is 29.2 Å². The first kappa shape index (κ1) is 17.2. The van der Waals surface area contributed by atoms with Gasteiger partial charge in [-0.25, -0.2) is 0 Å². The second kappa shape index (κ2) is 7.41. The molecule has 0 amide bonds. The Hall–Kier alpha value is -3.15. The summed E-state index contributed by atoms with van der Waals surface area (Å²) in [4.78, 5) is 12.2. The van der Waals surface area contributed by atoms with Crippen LogP contribution in [-0.4, -0.2) is 37.3 Å². The lowest BCUT2D eigenvalue weighted by molar-refractivity contribution is 0.104. The van der Waals surface area contributed by atoms with E-state index in [1.807, 2.05) is 0 Å². The molecule has 126 valence electrons. The molecule has 0 aliphatic heterocycles. The van der Waals surface area contributed by atoms with E-state index in [4.69, 9.17) is 14.2 Å². The maximum Gasteiger partial charge on any atom is 0.200 e. The number of carbonyl (C=O) groups excluding carboxylic acids is 1. The van der Waals surface area contributed by atoms with Gasteiger partial charge in [0.2, 0.25) is 5.75 Å². The lowest BCUT2D eigenvalue weighted by Crippen LogP contribution is -1.96. The Kier molecular flexibility index (Phi) is 5.31. The van der Waals surface area contributed by atoms with Gasteiger partial charge in [0.25, 0.3) is 0 Å².